The minimum Gasteiger partial charge on any atom is -0.313 e. The van der Waals surface area contributed by atoms with Gasteiger partial charge in [-0.15, -0.1) is 0 Å². The Balaban J connectivity index is 3.11. The van der Waals surface area contributed by atoms with Crippen LogP contribution in [0.5, 0.6) is 0 Å². The molecular formula is C18H40N2. The molecule has 0 heterocycles. The summed E-state index contributed by atoms with van der Waals surface area (Å²) in [5.74, 6) is 0. The summed E-state index contributed by atoms with van der Waals surface area (Å²) in [7, 11) is 2.25. The Morgan fingerprint density at radius 2 is 1.25 bits per heavy atom. The molecule has 0 bridgehead atoms. The lowest BCUT2D eigenvalue weighted by Gasteiger charge is -2.17. The van der Waals surface area contributed by atoms with E-state index in [1.165, 1.54) is 77.3 Å². The SMILES string of the molecule is CCCCCCCCCCCCN(C)CCNC(C)C. The summed E-state index contributed by atoms with van der Waals surface area (Å²) in [5, 5.41) is 3.47. The zero-order chi connectivity index (χ0) is 15.1. The van der Waals surface area contributed by atoms with Crippen LogP contribution in [0.4, 0.5) is 0 Å². The van der Waals surface area contributed by atoms with Crippen molar-refractivity contribution in [2.75, 3.05) is 26.7 Å². The Morgan fingerprint density at radius 1 is 0.750 bits per heavy atom. The van der Waals surface area contributed by atoms with Gasteiger partial charge in [0.15, 0.2) is 0 Å². The number of hydrogen-bond acceptors (Lipinski definition) is 2. The lowest BCUT2D eigenvalue weighted by atomic mass is 10.1. The molecular weight excluding hydrogens is 244 g/mol. The molecule has 0 amide bonds. The average molecular weight is 285 g/mol. The van der Waals surface area contributed by atoms with Gasteiger partial charge in [-0.2, -0.15) is 0 Å². The van der Waals surface area contributed by atoms with Crippen molar-refractivity contribution in [3.8, 4) is 0 Å². The van der Waals surface area contributed by atoms with Crippen molar-refractivity contribution in [1.82, 2.24) is 10.2 Å². The zero-order valence-electron chi connectivity index (χ0n) is 14.7. The molecule has 0 atom stereocenters. The predicted octanol–water partition coefficient (Wildman–Crippen LogP) is 4.84. The third-order valence-corrected chi connectivity index (χ3v) is 3.94. The molecule has 0 rings (SSSR count). The summed E-state index contributed by atoms with van der Waals surface area (Å²) in [4.78, 5) is 2.46. The minimum absolute atomic E-state index is 0.612. The van der Waals surface area contributed by atoms with Crippen LogP contribution < -0.4 is 5.32 Å². The van der Waals surface area contributed by atoms with Gasteiger partial charge in [-0.05, 0) is 20.0 Å². The van der Waals surface area contributed by atoms with Crippen molar-refractivity contribution in [2.24, 2.45) is 0 Å². The number of likely N-dealkylation sites (N-methyl/N-ethyl adjacent to an activating group) is 1. The van der Waals surface area contributed by atoms with Crippen molar-refractivity contribution in [2.45, 2.75) is 91.0 Å². The molecule has 0 aromatic heterocycles. The summed E-state index contributed by atoms with van der Waals surface area (Å²) in [6.07, 6.45) is 14.3. The molecule has 20 heavy (non-hydrogen) atoms. The quantitative estimate of drug-likeness (QED) is 0.433. The Kier molecular flexibility index (Phi) is 15.3. The van der Waals surface area contributed by atoms with E-state index in [2.05, 4.69) is 38.0 Å². The van der Waals surface area contributed by atoms with E-state index in [9.17, 15) is 0 Å². The fraction of sp³-hybridized carbons (Fsp3) is 1.00. The normalized spacial score (nSPS) is 11.7. The number of nitrogens with zero attached hydrogens (tertiary/aromatic N) is 1. The third-order valence-electron chi connectivity index (χ3n) is 3.94. The average Bonchev–Trinajstić information content (AvgIpc) is 2.40. The predicted molar refractivity (Wildman–Crippen MR) is 92.5 cm³/mol. The number of nitrogens with one attached hydrogen (secondary N) is 1. The Morgan fingerprint density at radius 3 is 1.75 bits per heavy atom. The molecule has 2 nitrogen and oxygen atoms in total. The molecule has 0 saturated heterocycles. The van der Waals surface area contributed by atoms with Crippen LogP contribution >= 0.6 is 0 Å². The molecule has 0 saturated carbocycles. The van der Waals surface area contributed by atoms with Crippen molar-refractivity contribution >= 4 is 0 Å². The fourth-order valence-electron chi connectivity index (χ4n) is 2.53. The van der Waals surface area contributed by atoms with Gasteiger partial charge in [0.25, 0.3) is 0 Å². The molecule has 0 aliphatic rings. The van der Waals surface area contributed by atoms with Crippen LogP contribution in [0.15, 0.2) is 0 Å². The highest BCUT2D eigenvalue weighted by molar-refractivity contribution is 4.58. The van der Waals surface area contributed by atoms with E-state index in [4.69, 9.17) is 0 Å². The van der Waals surface area contributed by atoms with E-state index in [0.717, 1.165) is 6.54 Å². The maximum atomic E-state index is 3.47. The Labute approximate surface area is 128 Å². The van der Waals surface area contributed by atoms with Gasteiger partial charge in [-0.1, -0.05) is 78.6 Å². The van der Waals surface area contributed by atoms with E-state index >= 15 is 0 Å². The molecule has 0 aromatic carbocycles. The summed E-state index contributed by atoms with van der Waals surface area (Å²) in [6, 6.07) is 0.612. The first kappa shape index (κ1) is 19.9. The van der Waals surface area contributed by atoms with Crippen LogP contribution in [0, 0.1) is 0 Å². The summed E-state index contributed by atoms with van der Waals surface area (Å²) >= 11 is 0. The van der Waals surface area contributed by atoms with Crippen molar-refractivity contribution < 1.29 is 0 Å². The van der Waals surface area contributed by atoms with Gasteiger partial charge in [-0.25, -0.2) is 0 Å². The molecule has 0 aromatic rings. The molecule has 122 valence electrons. The van der Waals surface area contributed by atoms with Crippen LogP contribution in [0.1, 0.15) is 85.0 Å². The van der Waals surface area contributed by atoms with Crippen LogP contribution in [0.25, 0.3) is 0 Å². The molecule has 0 fully saturated rings. The van der Waals surface area contributed by atoms with Gasteiger partial charge in [0.05, 0.1) is 0 Å². The van der Waals surface area contributed by atoms with Crippen LogP contribution in [-0.2, 0) is 0 Å². The third kappa shape index (κ3) is 16.0. The first-order valence-corrected chi connectivity index (χ1v) is 9.08. The van der Waals surface area contributed by atoms with Crippen LogP contribution in [0.3, 0.4) is 0 Å². The summed E-state index contributed by atoms with van der Waals surface area (Å²) < 4.78 is 0. The van der Waals surface area contributed by atoms with Gasteiger partial charge in [0.1, 0.15) is 0 Å². The first-order chi connectivity index (χ1) is 9.66. The highest BCUT2D eigenvalue weighted by Gasteiger charge is 1.99. The second kappa shape index (κ2) is 15.3. The van der Waals surface area contributed by atoms with E-state index < -0.39 is 0 Å². The highest BCUT2D eigenvalue weighted by Crippen LogP contribution is 2.10. The minimum atomic E-state index is 0.612. The molecule has 0 spiro atoms. The van der Waals surface area contributed by atoms with Gasteiger partial charge in [-0.3, -0.25) is 0 Å². The highest BCUT2D eigenvalue weighted by atomic mass is 15.1. The largest absolute Gasteiger partial charge is 0.313 e. The molecule has 0 aliphatic heterocycles. The number of hydrogen-bond donors (Lipinski definition) is 1. The number of unbranched alkanes of at least 4 members (excludes halogenated alkanes) is 9. The van der Waals surface area contributed by atoms with E-state index in [-0.39, 0.29) is 0 Å². The Bertz CT molecular complexity index is 180. The lowest BCUT2D eigenvalue weighted by molar-refractivity contribution is 0.317. The van der Waals surface area contributed by atoms with E-state index in [1.54, 1.807) is 0 Å². The summed E-state index contributed by atoms with van der Waals surface area (Å²) in [5.41, 5.74) is 0. The van der Waals surface area contributed by atoms with Gasteiger partial charge < -0.3 is 10.2 Å². The Hall–Kier alpha value is -0.0800. The molecule has 1 N–H and O–H groups in total. The first-order valence-electron chi connectivity index (χ1n) is 9.08. The fourth-order valence-corrected chi connectivity index (χ4v) is 2.53. The second-order valence-corrected chi connectivity index (χ2v) is 6.59. The van der Waals surface area contributed by atoms with E-state index in [1.807, 2.05) is 0 Å². The van der Waals surface area contributed by atoms with E-state index in [0.29, 0.717) is 6.04 Å². The second-order valence-electron chi connectivity index (χ2n) is 6.59. The summed E-state index contributed by atoms with van der Waals surface area (Å²) in [6.45, 7) is 10.3. The maximum absolute atomic E-state index is 3.47. The van der Waals surface area contributed by atoms with Crippen LogP contribution in [0.2, 0.25) is 0 Å². The topological polar surface area (TPSA) is 15.3 Å². The monoisotopic (exact) mass is 284 g/mol. The molecule has 0 unspecified atom stereocenters. The molecule has 0 radical (unpaired) electrons. The lowest BCUT2D eigenvalue weighted by Crippen LogP contribution is -2.33. The molecule has 0 aliphatic carbocycles. The van der Waals surface area contributed by atoms with Crippen molar-refractivity contribution in [1.29, 1.82) is 0 Å². The smallest absolute Gasteiger partial charge is 0.0104 e. The standard InChI is InChI=1S/C18H40N2/c1-5-6-7-8-9-10-11-12-13-14-16-20(4)17-15-19-18(2)3/h18-19H,5-17H2,1-4H3. The maximum Gasteiger partial charge on any atom is 0.0104 e. The zero-order valence-corrected chi connectivity index (χ0v) is 14.7. The van der Waals surface area contributed by atoms with Crippen molar-refractivity contribution in [3.05, 3.63) is 0 Å². The van der Waals surface area contributed by atoms with Gasteiger partial charge in [0, 0.05) is 19.1 Å². The van der Waals surface area contributed by atoms with Gasteiger partial charge in [0.2, 0.25) is 0 Å². The number of rotatable bonds is 15. The van der Waals surface area contributed by atoms with Crippen LogP contribution in [-0.4, -0.2) is 37.6 Å². The van der Waals surface area contributed by atoms with Crippen molar-refractivity contribution in [3.63, 3.8) is 0 Å². The van der Waals surface area contributed by atoms with Gasteiger partial charge >= 0.3 is 0 Å². The molecule has 2 heteroatoms.